The number of rotatable bonds is 5. The number of nitrogens with one attached hydrogen (secondary N) is 1. The van der Waals surface area contributed by atoms with E-state index in [0.29, 0.717) is 34.1 Å². The van der Waals surface area contributed by atoms with Gasteiger partial charge >= 0.3 is 5.97 Å². The number of nitrogens with two attached hydrogens (primary N) is 2. The average molecular weight is 426 g/mol. The number of anilines is 1. The van der Waals surface area contributed by atoms with Crippen LogP contribution in [0, 0.1) is 10.1 Å². The number of carbonyl (C=O) groups excluding carboxylic acids is 1. The van der Waals surface area contributed by atoms with Crippen molar-refractivity contribution >= 4 is 17.3 Å². The van der Waals surface area contributed by atoms with Gasteiger partial charge in [-0.15, -0.1) is 0 Å². The van der Waals surface area contributed by atoms with Crippen LogP contribution in [0.15, 0.2) is 54.0 Å². The molecule has 0 aromatic heterocycles. The topological polar surface area (TPSA) is 143 Å². The Morgan fingerprint density at radius 3 is 2.58 bits per heavy atom. The molecule has 0 saturated heterocycles. The third-order valence-electron chi connectivity index (χ3n) is 4.77. The van der Waals surface area contributed by atoms with Gasteiger partial charge in [0.15, 0.2) is 5.75 Å². The highest BCUT2D eigenvalue weighted by atomic mass is 16.6. The molecule has 0 aliphatic carbocycles. The highest BCUT2D eigenvalue weighted by Crippen LogP contribution is 2.36. The maximum Gasteiger partial charge on any atom is 0.331 e. The first kappa shape index (κ1) is 22.1. The fourth-order valence-electron chi connectivity index (χ4n) is 3.21. The molecule has 164 valence electrons. The summed E-state index contributed by atoms with van der Waals surface area (Å²) in [5.74, 6) is 0.770. The Bertz CT molecular complexity index is 1070. The van der Waals surface area contributed by atoms with Crippen LogP contribution in [0.5, 0.6) is 5.75 Å². The molecule has 0 amide bonds. The molecule has 1 atom stereocenters. The lowest BCUT2D eigenvalue weighted by Gasteiger charge is -2.32. The summed E-state index contributed by atoms with van der Waals surface area (Å²) in [6, 6.07) is 11.1. The molecule has 9 heteroatoms. The van der Waals surface area contributed by atoms with Crippen LogP contribution in [0.3, 0.4) is 0 Å². The lowest BCUT2D eigenvalue weighted by Crippen LogP contribution is -2.50. The number of non-ortho nitro benzene ring substituents is 1. The number of carbonyl (C=O) groups is 1. The van der Waals surface area contributed by atoms with Crippen LogP contribution in [-0.2, 0) is 21.5 Å². The van der Waals surface area contributed by atoms with Crippen LogP contribution in [-0.4, -0.2) is 16.5 Å². The van der Waals surface area contributed by atoms with Crippen LogP contribution in [0.4, 0.5) is 11.4 Å². The van der Waals surface area contributed by atoms with Gasteiger partial charge < -0.3 is 26.3 Å². The Balaban J connectivity index is 2.05. The van der Waals surface area contributed by atoms with Crippen molar-refractivity contribution in [3.05, 3.63) is 75.3 Å². The van der Waals surface area contributed by atoms with E-state index in [4.69, 9.17) is 20.9 Å². The Morgan fingerprint density at radius 1 is 1.23 bits per heavy atom. The number of ether oxygens (including phenoxy) is 2. The molecule has 3 rings (SSSR count). The number of esters is 1. The maximum atomic E-state index is 13.2. The van der Waals surface area contributed by atoms with Crippen LogP contribution >= 0.6 is 0 Å². The largest absolute Gasteiger partial charge is 0.458 e. The van der Waals surface area contributed by atoms with Crippen LogP contribution in [0.2, 0.25) is 0 Å². The number of nitro groups is 1. The highest BCUT2D eigenvalue weighted by Gasteiger charge is 2.41. The number of nitrogens with zero attached hydrogens (tertiary/aromatic N) is 1. The molecule has 2 aromatic rings. The van der Waals surface area contributed by atoms with Gasteiger partial charge in [-0.1, -0.05) is 18.2 Å². The summed E-state index contributed by atoms with van der Waals surface area (Å²) in [5, 5.41) is 14.2. The van der Waals surface area contributed by atoms with Crippen molar-refractivity contribution in [2.24, 2.45) is 11.5 Å². The molecule has 0 spiro atoms. The van der Waals surface area contributed by atoms with Gasteiger partial charge in [0.1, 0.15) is 22.7 Å². The van der Waals surface area contributed by atoms with Gasteiger partial charge in [0, 0.05) is 18.6 Å². The Morgan fingerprint density at radius 2 is 1.94 bits per heavy atom. The Hall–Kier alpha value is -3.59. The fraction of sp³-hybridized carbons (Fsp3) is 0.318. The first-order valence-corrected chi connectivity index (χ1v) is 9.70. The van der Waals surface area contributed by atoms with Gasteiger partial charge in [0.2, 0.25) is 0 Å². The summed E-state index contributed by atoms with van der Waals surface area (Å²) < 4.78 is 11.3. The van der Waals surface area contributed by atoms with Crippen LogP contribution in [0.1, 0.15) is 38.8 Å². The van der Waals surface area contributed by atoms with Crippen molar-refractivity contribution in [2.45, 2.75) is 45.3 Å². The van der Waals surface area contributed by atoms with E-state index in [0.717, 1.165) is 0 Å². The molecule has 1 aliphatic heterocycles. The second kappa shape index (κ2) is 7.92. The summed E-state index contributed by atoms with van der Waals surface area (Å²) in [4.78, 5) is 23.9. The van der Waals surface area contributed by atoms with Crippen molar-refractivity contribution < 1.29 is 19.2 Å². The Labute approximate surface area is 180 Å². The third-order valence-corrected chi connectivity index (χ3v) is 4.77. The molecular weight excluding hydrogens is 400 g/mol. The standard InChI is InChI=1S/C22H26N4O5/c1-13-19(23)25-17-11-15(8-9-18(17)30-13)22(24,20(27)31-21(2,3)4)12-14-6-5-7-16(10-14)26(28)29/h5-11,25H,12,23-24H2,1-4H3. The number of allylic oxidation sites excluding steroid dienone is 1. The number of benzene rings is 2. The summed E-state index contributed by atoms with van der Waals surface area (Å²) >= 11 is 0. The van der Waals surface area contributed by atoms with E-state index in [2.05, 4.69) is 5.32 Å². The summed E-state index contributed by atoms with van der Waals surface area (Å²) in [7, 11) is 0. The molecule has 1 heterocycles. The van der Waals surface area contributed by atoms with Gasteiger partial charge in [-0.05, 0) is 51.0 Å². The van der Waals surface area contributed by atoms with Crippen molar-refractivity contribution in [1.82, 2.24) is 0 Å². The van der Waals surface area contributed by atoms with Crippen molar-refractivity contribution in [2.75, 3.05) is 5.32 Å². The summed E-state index contributed by atoms with van der Waals surface area (Å²) in [6.07, 6.45) is -0.00636. The average Bonchev–Trinajstić information content (AvgIpc) is 2.67. The smallest absolute Gasteiger partial charge is 0.331 e. The first-order chi connectivity index (χ1) is 14.4. The molecule has 0 bridgehead atoms. The minimum absolute atomic E-state index is 0.00636. The molecule has 0 radical (unpaired) electrons. The van der Waals surface area contributed by atoms with E-state index in [9.17, 15) is 14.9 Å². The van der Waals surface area contributed by atoms with E-state index in [1.165, 1.54) is 12.1 Å². The van der Waals surface area contributed by atoms with E-state index >= 15 is 0 Å². The monoisotopic (exact) mass is 426 g/mol. The van der Waals surface area contributed by atoms with Gasteiger partial charge in [0.25, 0.3) is 5.69 Å². The number of fused-ring (bicyclic) bond motifs is 1. The van der Waals surface area contributed by atoms with E-state index in [-0.39, 0.29) is 12.1 Å². The normalized spacial score (nSPS) is 15.3. The second-order valence-electron chi connectivity index (χ2n) is 8.48. The number of hydrogen-bond acceptors (Lipinski definition) is 8. The molecule has 31 heavy (non-hydrogen) atoms. The SMILES string of the molecule is CC1=C(N)Nc2cc(C(N)(Cc3cccc([N+](=O)[O-])c3)C(=O)OC(C)(C)C)ccc2O1. The molecule has 0 fully saturated rings. The maximum absolute atomic E-state index is 13.2. The molecular formula is C22H26N4O5. The lowest BCUT2D eigenvalue weighted by molar-refractivity contribution is -0.384. The van der Waals surface area contributed by atoms with Crippen molar-refractivity contribution in [1.29, 1.82) is 0 Å². The van der Waals surface area contributed by atoms with Gasteiger partial charge in [-0.25, -0.2) is 4.79 Å². The minimum Gasteiger partial charge on any atom is -0.458 e. The predicted octanol–water partition coefficient (Wildman–Crippen LogP) is 3.29. The number of hydrogen-bond donors (Lipinski definition) is 3. The molecule has 0 saturated carbocycles. The molecule has 1 aliphatic rings. The molecule has 1 unspecified atom stereocenters. The highest BCUT2D eigenvalue weighted by molar-refractivity contribution is 5.84. The van der Waals surface area contributed by atoms with E-state index < -0.39 is 22.0 Å². The van der Waals surface area contributed by atoms with Crippen molar-refractivity contribution in [3.63, 3.8) is 0 Å². The zero-order chi connectivity index (χ0) is 23.0. The van der Waals surface area contributed by atoms with Crippen LogP contribution in [0.25, 0.3) is 0 Å². The quantitative estimate of drug-likeness (QED) is 0.375. The summed E-state index contributed by atoms with van der Waals surface area (Å²) in [6.45, 7) is 6.97. The number of nitro benzene ring substituents is 1. The van der Waals surface area contributed by atoms with E-state index in [1.807, 2.05) is 0 Å². The van der Waals surface area contributed by atoms with Crippen LogP contribution < -0.4 is 21.5 Å². The zero-order valence-electron chi connectivity index (χ0n) is 17.9. The van der Waals surface area contributed by atoms with Crippen molar-refractivity contribution in [3.8, 4) is 5.75 Å². The Kier molecular flexibility index (Phi) is 5.64. The fourth-order valence-corrected chi connectivity index (χ4v) is 3.21. The first-order valence-electron chi connectivity index (χ1n) is 9.70. The second-order valence-corrected chi connectivity index (χ2v) is 8.48. The summed E-state index contributed by atoms with van der Waals surface area (Å²) in [5.41, 5.74) is 11.7. The minimum atomic E-state index is -1.61. The third kappa shape index (κ3) is 4.77. The molecule has 9 nitrogen and oxygen atoms in total. The molecule has 5 N–H and O–H groups in total. The predicted molar refractivity (Wildman–Crippen MR) is 116 cm³/mol. The van der Waals surface area contributed by atoms with Gasteiger partial charge in [-0.3, -0.25) is 10.1 Å². The van der Waals surface area contributed by atoms with Gasteiger partial charge in [-0.2, -0.15) is 0 Å². The van der Waals surface area contributed by atoms with Gasteiger partial charge in [0.05, 0.1) is 10.6 Å². The lowest BCUT2D eigenvalue weighted by atomic mass is 9.84. The zero-order valence-corrected chi connectivity index (χ0v) is 17.9. The molecule has 2 aromatic carbocycles. The van der Waals surface area contributed by atoms with E-state index in [1.54, 1.807) is 58.0 Å².